The van der Waals surface area contributed by atoms with Crippen molar-refractivity contribution >= 4 is 11.8 Å². The van der Waals surface area contributed by atoms with E-state index in [0.29, 0.717) is 5.41 Å². The van der Waals surface area contributed by atoms with Gasteiger partial charge in [0.25, 0.3) is 0 Å². The molecule has 1 aliphatic carbocycles. The molecule has 2 atom stereocenters. The van der Waals surface area contributed by atoms with Crippen molar-refractivity contribution in [2.24, 2.45) is 5.41 Å². The van der Waals surface area contributed by atoms with Gasteiger partial charge in [0.1, 0.15) is 0 Å². The van der Waals surface area contributed by atoms with Crippen molar-refractivity contribution in [2.75, 3.05) is 12.8 Å². The summed E-state index contributed by atoms with van der Waals surface area (Å²) in [4.78, 5) is 0. The van der Waals surface area contributed by atoms with Gasteiger partial charge in [0.15, 0.2) is 0 Å². The van der Waals surface area contributed by atoms with Gasteiger partial charge in [-0.2, -0.15) is 11.8 Å². The molecule has 0 aliphatic heterocycles. The third-order valence-electron chi connectivity index (χ3n) is 3.59. The van der Waals surface area contributed by atoms with Crippen LogP contribution < -0.4 is 5.32 Å². The molecule has 0 amide bonds. The minimum absolute atomic E-state index is 0.570. The van der Waals surface area contributed by atoms with E-state index in [4.69, 9.17) is 0 Å². The minimum Gasteiger partial charge on any atom is -0.314 e. The topological polar surface area (TPSA) is 12.0 Å². The van der Waals surface area contributed by atoms with Crippen molar-refractivity contribution in [1.82, 2.24) is 5.32 Å². The van der Waals surface area contributed by atoms with Gasteiger partial charge in [-0.25, -0.2) is 0 Å². The SMILES string of the molecule is CSC(C)CCNC1CCCC(C)(C)C1. The van der Waals surface area contributed by atoms with Crippen LogP contribution in [0.5, 0.6) is 0 Å². The fourth-order valence-electron chi connectivity index (χ4n) is 2.48. The molecular weight excluding hydrogens is 202 g/mol. The summed E-state index contributed by atoms with van der Waals surface area (Å²) in [6, 6.07) is 0.780. The lowest BCUT2D eigenvalue weighted by molar-refractivity contribution is 0.198. The molecule has 90 valence electrons. The number of thioether (sulfide) groups is 1. The van der Waals surface area contributed by atoms with E-state index in [1.54, 1.807) is 0 Å². The summed E-state index contributed by atoms with van der Waals surface area (Å²) in [5, 5.41) is 4.53. The molecule has 2 heteroatoms. The first-order chi connectivity index (χ1) is 7.03. The molecule has 0 aromatic heterocycles. The molecule has 1 aliphatic rings. The molecule has 0 aromatic rings. The molecule has 0 saturated heterocycles. The summed E-state index contributed by atoms with van der Waals surface area (Å²) in [6.07, 6.45) is 9.07. The Morgan fingerprint density at radius 3 is 2.80 bits per heavy atom. The molecule has 1 nitrogen and oxygen atoms in total. The largest absolute Gasteiger partial charge is 0.314 e. The van der Waals surface area contributed by atoms with Gasteiger partial charge in [-0.3, -0.25) is 0 Å². The minimum atomic E-state index is 0.570. The molecule has 0 heterocycles. The van der Waals surface area contributed by atoms with E-state index in [-0.39, 0.29) is 0 Å². The van der Waals surface area contributed by atoms with Crippen LogP contribution in [0.1, 0.15) is 52.9 Å². The maximum Gasteiger partial charge on any atom is 0.00721 e. The molecule has 2 unspecified atom stereocenters. The van der Waals surface area contributed by atoms with Crippen molar-refractivity contribution in [2.45, 2.75) is 64.2 Å². The summed E-state index contributed by atoms with van der Waals surface area (Å²) in [5.74, 6) is 0. The van der Waals surface area contributed by atoms with Crippen molar-refractivity contribution in [3.8, 4) is 0 Å². The number of rotatable bonds is 5. The fraction of sp³-hybridized carbons (Fsp3) is 1.00. The Bertz CT molecular complexity index is 179. The molecule has 1 N–H and O–H groups in total. The third-order valence-corrected chi connectivity index (χ3v) is 4.63. The monoisotopic (exact) mass is 229 g/mol. The lowest BCUT2D eigenvalue weighted by Crippen LogP contribution is -2.38. The quantitative estimate of drug-likeness (QED) is 0.772. The highest BCUT2D eigenvalue weighted by molar-refractivity contribution is 7.99. The van der Waals surface area contributed by atoms with Crippen molar-refractivity contribution in [3.05, 3.63) is 0 Å². The van der Waals surface area contributed by atoms with Gasteiger partial charge < -0.3 is 5.32 Å². The standard InChI is InChI=1S/C13H27NS/c1-11(15-4)7-9-14-12-6-5-8-13(2,3)10-12/h11-12,14H,5-10H2,1-4H3. The zero-order valence-electron chi connectivity index (χ0n) is 10.8. The Hall–Kier alpha value is 0.310. The first-order valence-corrected chi connectivity index (χ1v) is 7.58. The second-order valence-electron chi connectivity index (χ2n) is 5.75. The van der Waals surface area contributed by atoms with E-state index in [2.05, 4.69) is 32.3 Å². The van der Waals surface area contributed by atoms with Gasteiger partial charge in [-0.1, -0.05) is 27.2 Å². The zero-order valence-corrected chi connectivity index (χ0v) is 11.6. The Balaban J connectivity index is 2.16. The van der Waals surface area contributed by atoms with Gasteiger partial charge in [0, 0.05) is 11.3 Å². The molecule has 0 aromatic carbocycles. The normalized spacial score (nSPS) is 27.6. The van der Waals surface area contributed by atoms with Crippen LogP contribution in [-0.4, -0.2) is 24.1 Å². The van der Waals surface area contributed by atoms with Crippen molar-refractivity contribution in [3.63, 3.8) is 0 Å². The van der Waals surface area contributed by atoms with Crippen LogP contribution in [0.25, 0.3) is 0 Å². The first-order valence-electron chi connectivity index (χ1n) is 6.30. The average molecular weight is 229 g/mol. The van der Waals surface area contributed by atoms with Crippen LogP contribution in [0.15, 0.2) is 0 Å². The Morgan fingerprint density at radius 1 is 1.47 bits per heavy atom. The second-order valence-corrected chi connectivity index (χ2v) is 7.02. The first kappa shape index (κ1) is 13.4. The zero-order chi connectivity index (χ0) is 11.3. The predicted octanol–water partition coefficient (Wildman–Crippen LogP) is 3.69. The molecule has 1 saturated carbocycles. The van der Waals surface area contributed by atoms with Crippen LogP contribution in [-0.2, 0) is 0 Å². The number of hydrogen-bond donors (Lipinski definition) is 1. The van der Waals surface area contributed by atoms with Gasteiger partial charge in [-0.05, 0) is 43.9 Å². The molecule has 0 bridgehead atoms. The van der Waals surface area contributed by atoms with Crippen LogP contribution in [0.4, 0.5) is 0 Å². The van der Waals surface area contributed by atoms with E-state index in [1.165, 1.54) is 38.6 Å². The summed E-state index contributed by atoms with van der Waals surface area (Å²) in [5.41, 5.74) is 0.570. The van der Waals surface area contributed by atoms with Crippen LogP contribution in [0.3, 0.4) is 0 Å². The van der Waals surface area contributed by atoms with Gasteiger partial charge in [0.2, 0.25) is 0 Å². The van der Waals surface area contributed by atoms with E-state index in [1.807, 2.05) is 11.8 Å². The summed E-state index contributed by atoms with van der Waals surface area (Å²) in [7, 11) is 0. The molecule has 1 fully saturated rings. The van der Waals surface area contributed by atoms with E-state index < -0.39 is 0 Å². The lowest BCUT2D eigenvalue weighted by Gasteiger charge is -2.35. The van der Waals surface area contributed by atoms with Gasteiger partial charge >= 0.3 is 0 Å². The van der Waals surface area contributed by atoms with Gasteiger partial charge in [-0.15, -0.1) is 0 Å². The number of nitrogens with one attached hydrogen (secondary N) is 1. The van der Waals surface area contributed by atoms with Gasteiger partial charge in [0.05, 0.1) is 0 Å². The molecule has 1 rings (SSSR count). The molecular formula is C13H27NS. The fourth-order valence-corrected chi connectivity index (χ4v) is 2.83. The second kappa shape index (κ2) is 6.15. The predicted molar refractivity (Wildman–Crippen MR) is 71.6 cm³/mol. The third kappa shape index (κ3) is 5.26. The van der Waals surface area contributed by atoms with Crippen LogP contribution in [0, 0.1) is 5.41 Å². The number of hydrogen-bond acceptors (Lipinski definition) is 2. The van der Waals surface area contributed by atoms with Crippen LogP contribution in [0.2, 0.25) is 0 Å². The smallest absolute Gasteiger partial charge is 0.00721 e. The molecule has 0 spiro atoms. The average Bonchev–Trinajstić information content (AvgIpc) is 2.16. The van der Waals surface area contributed by atoms with Crippen molar-refractivity contribution < 1.29 is 0 Å². The van der Waals surface area contributed by atoms with E-state index in [9.17, 15) is 0 Å². The maximum atomic E-state index is 3.73. The Morgan fingerprint density at radius 2 is 2.20 bits per heavy atom. The van der Waals surface area contributed by atoms with Crippen LogP contribution >= 0.6 is 11.8 Å². The Kier molecular flexibility index (Phi) is 5.48. The van der Waals surface area contributed by atoms with Crippen molar-refractivity contribution in [1.29, 1.82) is 0 Å². The summed E-state index contributed by atoms with van der Waals surface area (Å²) >= 11 is 1.97. The molecule has 0 radical (unpaired) electrons. The summed E-state index contributed by atoms with van der Waals surface area (Å²) < 4.78 is 0. The highest BCUT2D eigenvalue weighted by Gasteiger charge is 2.27. The highest BCUT2D eigenvalue weighted by atomic mass is 32.2. The lowest BCUT2D eigenvalue weighted by atomic mass is 9.75. The highest BCUT2D eigenvalue weighted by Crippen LogP contribution is 2.35. The Labute approximate surface area is 99.8 Å². The van der Waals surface area contributed by atoms with E-state index in [0.717, 1.165) is 11.3 Å². The summed E-state index contributed by atoms with van der Waals surface area (Å²) in [6.45, 7) is 8.33. The molecule has 15 heavy (non-hydrogen) atoms. The van der Waals surface area contributed by atoms with E-state index >= 15 is 0 Å². The maximum absolute atomic E-state index is 3.73.